The number of Topliss-reactive ketones (excluding diaryl/α,β-unsaturated/α-hetero) is 1. The molecule has 6 nitrogen and oxygen atoms in total. The number of likely N-dealkylation sites (tertiary alicyclic amines) is 1. The number of benzene rings is 3. The van der Waals surface area contributed by atoms with Gasteiger partial charge >= 0.3 is 0 Å². The zero-order valence-electron chi connectivity index (χ0n) is 20.8. The van der Waals surface area contributed by atoms with Gasteiger partial charge in [0.05, 0.1) is 18.2 Å². The first kappa shape index (κ1) is 25.0. The molecular weight excluding hydrogens is 459 g/mol. The van der Waals surface area contributed by atoms with Crippen molar-refractivity contribution >= 4 is 23.1 Å². The van der Waals surface area contributed by atoms with Gasteiger partial charge in [-0.05, 0) is 73.0 Å². The third-order valence-corrected chi connectivity index (χ3v) is 6.28. The highest BCUT2D eigenvalue weighted by molar-refractivity contribution is 6.46. The van der Waals surface area contributed by atoms with Crippen LogP contribution in [0.1, 0.15) is 35.2 Å². The third-order valence-electron chi connectivity index (χ3n) is 6.28. The number of nitrogens with zero attached hydrogens (tertiary/aromatic N) is 2. The minimum atomic E-state index is -0.807. The molecule has 0 aliphatic carbocycles. The van der Waals surface area contributed by atoms with Crippen molar-refractivity contribution in [3.63, 3.8) is 0 Å². The second kappa shape index (κ2) is 10.2. The summed E-state index contributed by atoms with van der Waals surface area (Å²) in [5.74, 6) is -1.51. The van der Waals surface area contributed by atoms with Crippen LogP contribution in [0.3, 0.4) is 0 Å². The molecule has 1 fully saturated rings. The van der Waals surface area contributed by atoms with E-state index in [0.29, 0.717) is 23.5 Å². The van der Waals surface area contributed by atoms with E-state index in [2.05, 4.69) is 0 Å². The number of ketones is 1. The molecule has 1 saturated heterocycles. The van der Waals surface area contributed by atoms with E-state index in [1.165, 1.54) is 23.1 Å². The standard InChI is InChI=1S/C29H29FN2O4/c1-5-36-23-13-6-19(7-14-23)17-32-26(20-8-11-22(12-9-20)31(3)4)25(28(34)29(32)35)27(33)21-10-15-24(30)18(2)16-21/h6-16,26,33H,5,17H2,1-4H3/b27-25-. The smallest absolute Gasteiger partial charge is 0.295 e. The van der Waals surface area contributed by atoms with E-state index in [1.807, 2.05) is 74.4 Å². The Balaban J connectivity index is 1.81. The fourth-order valence-electron chi connectivity index (χ4n) is 4.35. The molecule has 36 heavy (non-hydrogen) atoms. The molecule has 3 aromatic rings. The molecule has 0 aromatic heterocycles. The van der Waals surface area contributed by atoms with Crippen molar-refractivity contribution in [1.82, 2.24) is 4.90 Å². The van der Waals surface area contributed by atoms with Crippen molar-refractivity contribution in [2.24, 2.45) is 0 Å². The SMILES string of the molecule is CCOc1ccc(CN2C(=O)C(=O)/C(=C(\O)c3ccc(F)c(C)c3)C2c2ccc(N(C)C)cc2)cc1. The highest BCUT2D eigenvalue weighted by atomic mass is 19.1. The molecule has 0 bridgehead atoms. The molecule has 1 aliphatic rings. The maximum Gasteiger partial charge on any atom is 0.295 e. The molecule has 0 saturated carbocycles. The number of carbonyl (C=O) groups is 2. The molecule has 0 spiro atoms. The monoisotopic (exact) mass is 488 g/mol. The van der Waals surface area contributed by atoms with Gasteiger partial charge in [-0.15, -0.1) is 0 Å². The van der Waals surface area contributed by atoms with E-state index in [-0.39, 0.29) is 23.4 Å². The van der Waals surface area contributed by atoms with Crippen LogP contribution in [0.2, 0.25) is 0 Å². The predicted molar refractivity (Wildman–Crippen MR) is 137 cm³/mol. The number of amides is 1. The van der Waals surface area contributed by atoms with Gasteiger partial charge in [0.15, 0.2) is 0 Å². The number of aliphatic hydroxyl groups is 1. The Hall–Kier alpha value is -4.13. The van der Waals surface area contributed by atoms with Gasteiger partial charge in [-0.2, -0.15) is 0 Å². The first-order valence-electron chi connectivity index (χ1n) is 11.7. The third kappa shape index (κ3) is 4.82. The highest BCUT2D eigenvalue weighted by Gasteiger charge is 2.46. The first-order valence-corrected chi connectivity index (χ1v) is 11.7. The van der Waals surface area contributed by atoms with Crippen LogP contribution in [-0.2, 0) is 16.1 Å². The number of hydrogen-bond acceptors (Lipinski definition) is 5. The zero-order valence-corrected chi connectivity index (χ0v) is 20.8. The van der Waals surface area contributed by atoms with Gasteiger partial charge in [0.2, 0.25) is 0 Å². The normalized spacial score (nSPS) is 16.9. The molecule has 1 heterocycles. The van der Waals surface area contributed by atoms with E-state index in [1.54, 1.807) is 6.92 Å². The summed E-state index contributed by atoms with van der Waals surface area (Å²) in [5, 5.41) is 11.2. The van der Waals surface area contributed by atoms with Gasteiger partial charge in [0, 0.05) is 31.9 Å². The Bertz CT molecular complexity index is 1310. The summed E-state index contributed by atoms with van der Waals surface area (Å²) >= 11 is 0. The Labute approximate surface area is 210 Å². The number of carbonyl (C=O) groups excluding carboxylic acids is 2. The Kier molecular flexibility index (Phi) is 7.10. The number of rotatable bonds is 7. The molecule has 1 aliphatic heterocycles. The molecule has 1 amide bonds. The zero-order chi connectivity index (χ0) is 26.0. The van der Waals surface area contributed by atoms with Crippen molar-refractivity contribution in [3.8, 4) is 5.75 Å². The lowest BCUT2D eigenvalue weighted by molar-refractivity contribution is -0.140. The van der Waals surface area contributed by atoms with Crippen LogP contribution >= 0.6 is 0 Å². The number of halogens is 1. The molecule has 1 unspecified atom stereocenters. The van der Waals surface area contributed by atoms with Crippen LogP contribution in [0.15, 0.2) is 72.3 Å². The topological polar surface area (TPSA) is 70.1 Å². The quantitative estimate of drug-likeness (QED) is 0.281. The summed E-state index contributed by atoms with van der Waals surface area (Å²) in [6.07, 6.45) is 0. The number of ether oxygens (including phenoxy) is 1. The van der Waals surface area contributed by atoms with Gasteiger partial charge in [0.25, 0.3) is 11.7 Å². The molecular formula is C29H29FN2O4. The lowest BCUT2D eigenvalue weighted by Gasteiger charge is -2.26. The van der Waals surface area contributed by atoms with Gasteiger partial charge in [0.1, 0.15) is 17.3 Å². The molecule has 7 heteroatoms. The molecule has 4 rings (SSSR count). The first-order chi connectivity index (χ1) is 17.2. The second-order valence-electron chi connectivity index (χ2n) is 8.95. The molecule has 3 aromatic carbocycles. The van der Waals surface area contributed by atoms with Crippen LogP contribution in [0.25, 0.3) is 5.76 Å². The number of aliphatic hydroxyl groups excluding tert-OH is 1. The Morgan fingerprint density at radius 1 is 1.03 bits per heavy atom. The number of hydrogen-bond donors (Lipinski definition) is 1. The van der Waals surface area contributed by atoms with Crippen LogP contribution in [0, 0.1) is 12.7 Å². The van der Waals surface area contributed by atoms with Crippen molar-refractivity contribution in [1.29, 1.82) is 0 Å². The maximum atomic E-state index is 13.9. The van der Waals surface area contributed by atoms with Crippen molar-refractivity contribution in [2.45, 2.75) is 26.4 Å². The summed E-state index contributed by atoms with van der Waals surface area (Å²) in [4.78, 5) is 29.9. The largest absolute Gasteiger partial charge is 0.507 e. The summed E-state index contributed by atoms with van der Waals surface area (Å²) in [5.41, 5.74) is 3.04. The van der Waals surface area contributed by atoms with Crippen molar-refractivity contribution in [2.75, 3.05) is 25.6 Å². The van der Waals surface area contributed by atoms with Gasteiger partial charge in [-0.25, -0.2) is 4.39 Å². The number of anilines is 1. The van der Waals surface area contributed by atoms with E-state index >= 15 is 0 Å². The van der Waals surface area contributed by atoms with Crippen molar-refractivity contribution < 1.29 is 23.8 Å². The van der Waals surface area contributed by atoms with Crippen LogP contribution in [0.4, 0.5) is 10.1 Å². The summed E-state index contributed by atoms with van der Waals surface area (Å²) in [6.45, 7) is 4.18. The lowest BCUT2D eigenvalue weighted by Crippen LogP contribution is -2.29. The minimum Gasteiger partial charge on any atom is -0.507 e. The highest BCUT2D eigenvalue weighted by Crippen LogP contribution is 2.41. The van der Waals surface area contributed by atoms with E-state index in [9.17, 15) is 19.1 Å². The fraction of sp³-hybridized carbons (Fsp3) is 0.241. The van der Waals surface area contributed by atoms with E-state index in [0.717, 1.165) is 11.3 Å². The maximum absolute atomic E-state index is 13.9. The summed E-state index contributed by atoms with van der Waals surface area (Å²) in [7, 11) is 3.84. The van der Waals surface area contributed by atoms with Crippen LogP contribution in [0.5, 0.6) is 5.75 Å². The summed E-state index contributed by atoms with van der Waals surface area (Å²) in [6, 6.07) is 18.1. The van der Waals surface area contributed by atoms with E-state index < -0.39 is 23.5 Å². The van der Waals surface area contributed by atoms with Crippen LogP contribution in [-0.4, -0.2) is 42.4 Å². The Morgan fingerprint density at radius 3 is 2.28 bits per heavy atom. The van der Waals surface area contributed by atoms with Gasteiger partial charge in [-0.3, -0.25) is 9.59 Å². The van der Waals surface area contributed by atoms with Gasteiger partial charge < -0.3 is 19.6 Å². The average Bonchev–Trinajstić information content (AvgIpc) is 3.11. The van der Waals surface area contributed by atoms with Crippen LogP contribution < -0.4 is 9.64 Å². The molecule has 1 atom stereocenters. The predicted octanol–water partition coefficient (Wildman–Crippen LogP) is 5.22. The molecule has 1 N–H and O–H groups in total. The fourth-order valence-corrected chi connectivity index (χ4v) is 4.35. The van der Waals surface area contributed by atoms with Gasteiger partial charge in [-0.1, -0.05) is 24.3 Å². The van der Waals surface area contributed by atoms with Crippen molar-refractivity contribution in [3.05, 3.63) is 100 Å². The number of aryl methyl sites for hydroxylation is 1. The lowest BCUT2D eigenvalue weighted by atomic mass is 9.94. The minimum absolute atomic E-state index is 0.0189. The average molecular weight is 489 g/mol. The molecule has 186 valence electrons. The summed E-state index contributed by atoms with van der Waals surface area (Å²) < 4.78 is 19.4. The second-order valence-corrected chi connectivity index (χ2v) is 8.95. The Morgan fingerprint density at radius 2 is 1.69 bits per heavy atom. The molecule has 0 radical (unpaired) electrons. The van der Waals surface area contributed by atoms with E-state index in [4.69, 9.17) is 4.74 Å².